The second-order valence-corrected chi connectivity index (χ2v) is 5.11. The molecule has 0 aliphatic carbocycles. The molecule has 1 atom stereocenters. The second kappa shape index (κ2) is 5.66. The van der Waals surface area contributed by atoms with Crippen LogP contribution in [-0.4, -0.2) is 5.78 Å². The van der Waals surface area contributed by atoms with Crippen LogP contribution in [0, 0.1) is 17.1 Å². The van der Waals surface area contributed by atoms with E-state index in [1.807, 2.05) is 0 Å². The monoisotopic (exact) mass is 313 g/mol. The first kappa shape index (κ1) is 15.2. The Morgan fingerprint density at radius 1 is 1.29 bits per heavy atom. The Morgan fingerprint density at radius 3 is 2.52 bits per heavy atom. The molecular formula is C14H7F4NOS. The highest BCUT2D eigenvalue weighted by molar-refractivity contribution is 7.10. The quantitative estimate of drug-likeness (QED) is 0.622. The standard InChI is InChI=1S/C14H7F4NOS/c15-11-4-3-8(14(16,17)18)6-9(11)13(20)10(7-19)12-2-1-5-21-12/h1-6,10H. The van der Waals surface area contributed by atoms with Crippen LogP contribution < -0.4 is 0 Å². The van der Waals surface area contributed by atoms with E-state index >= 15 is 0 Å². The molecular weight excluding hydrogens is 306 g/mol. The van der Waals surface area contributed by atoms with Gasteiger partial charge in [-0.05, 0) is 29.6 Å². The van der Waals surface area contributed by atoms with Crippen LogP contribution in [0.2, 0.25) is 0 Å². The number of alkyl halides is 3. The zero-order chi connectivity index (χ0) is 15.6. The van der Waals surface area contributed by atoms with Crippen molar-refractivity contribution in [1.82, 2.24) is 0 Å². The number of nitriles is 1. The first-order valence-corrected chi connectivity index (χ1v) is 6.56. The summed E-state index contributed by atoms with van der Waals surface area (Å²) in [5, 5.41) is 10.7. The molecule has 0 amide bonds. The maximum atomic E-state index is 13.7. The average Bonchev–Trinajstić information content (AvgIpc) is 2.92. The normalized spacial score (nSPS) is 12.7. The summed E-state index contributed by atoms with van der Waals surface area (Å²) < 4.78 is 51.5. The van der Waals surface area contributed by atoms with Gasteiger partial charge in [-0.3, -0.25) is 4.79 Å². The van der Waals surface area contributed by atoms with Crippen molar-refractivity contribution in [3.05, 3.63) is 57.5 Å². The molecule has 7 heteroatoms. The predicted molar refractivity (Wildman–Crippen MR) is 68.4 cm³/mol. The average molecular weight is 313 g/mol. The van der Waals surface area contributed by atoms with Crippen LogP contribution in [0.25, 0.3) is 0 Å². The molecule has 0 aliphatic heterocycles. The molecule has 1 aromatic heterocycles. The van der Waals surface area contributed by atoms with Gasteiger partial charge in [0, 0.05) is 4.88 Å². The third-order valence-corrected chi connectivity index (χ3v) is 3.72. The first-order chi connectivity index (χ1) is 9.84. The third-order valence-electron chi connectivity index (χ3n) is 2.78. The molecule has 0 aliphatic rings. The number of carbonyl (C=O) groups excluding carboxylic acids is 1. The van der Waals surface area contributed by atoms with Crippen LogP contribution in [0.1, 0.15) is 26.7 Å². The molecule has 1 aromatic carbocycles. The Balaban J connectivity index is 2.46. The largest absolute Gasteiger partial charge is 0.416 e. The SMILES string of the molecule is N#CC(C(=O)c1cc(C(F)(F)F)ccc1F)c1cccs1. The smallest absolute Gasteiger partial charge is 0.292 e. The molecule has 0 spiro atoms. The maximum Gasteiger partial charge on any atom is 0.416 e. The lowest BCUT2D eigenvalue weighted by Crippen LogP contribution is -2.14. The van der Waals surface area contributed by atoms with E-state index in [9.17, 15) is 22.4 Å². The van der Waals surface area contributed by atoms with E-state index < -0.39 is 34.8 Å². The molecule has 21 heavy (non-hydrogen) atoms. The summed E-state index contributed by atoms with van der Waals surface area (Å²) in [6, 6.07) is 6.38. The zero-order valence-corrected chi connectivity index (χ0v) is 11.1. The van der Waals surface area contributed by atoms with Gasteiger partial charge in [-0.15, -0.1) is 11.3 Å². The highest BCUT2D eigenvalue weighted by atomic mass is 32.1. The third kappa shape index (κ3) is 3.11. The minimum Gasteiger partial charge on any atom is -0.292 e. The highest BCUT2D eigenvalue weighted by Gasteiger charge is 2.33. The van der Waals surface area contributed by atoms with Gasteiger partial charge in [-0.1, -0.05) is 6.07 Å². The number of hydrogen-bond acceptors (Lipinski definition) is 3. The summed E-state index contributed by atoms with van der Waals surface area (Å²) in [4.78, 5) is 12.5. The van der Waals surface area contributed by atoms with Crippen molar-refractivity contribution >= 4 is 17.1 Å². The molecule has 0 N–H and O–H groups in total. The summed E-state index contributed by atoms with van der Waals surface area (Å²) in [6.07, 6.45) is -4.69. The molecule has 1 heterocycles. The van der Waals surface area contributed by atoms with Gasteiger partial charge in [0.05, 0.1) is 17.2 Å². The minimum absolute atomic E-state index is 0.360. The lowest BCUT2D eigenvalue weighted by Gasteiger charge is -2.11. The minimum atomic E-state index is -4.69. The summed E-state index contributed by atoms with van der Waals surface area (Å²) in [5.41, 5.74) is -1.86. The van der Waals surface area contributed by atoms with Crippen LogP contribution in [0.15, 0.2) is 35.7 Å². The first-order valence-electron chi connectivity index (χ1n) is 5.68. The van der Waals surface area contributed by atoms with Crippen molar-refractivity contribution in [3.63, 3.8) is 0 Å². The molecule has 108 valence electrons. The van der Waals surface area contributed by atoms with Crippen molar-refractivity contribution in [1.29, 1.82) is 5.26 Å². The van der Waals surface area contributed by atoms with E-state index in [1.165, 1.54) is 6.07 Å². The van der Waals surface area contributed by atoms with Crippen LogP contribution in [0.4, 0.5) is 17.6 Å². The van der Waals surface area contributed by atoms with Gasteiger partial charge in [0.1, 0.15) is 11.7 Å². The topological polar surface area (TPSA) is 40.9 Å². The molecule has 0 bridgehead atoms. The van der Waals surface area contributed by atoms with Crippen LogP contribution >= 0.6 is 11.3 Å². The molecule has 0 fully saturated rings. The molecule has 2 nitrogen and oxygen atoms in total. The number of benzene rings is 1. The Bertz CT molecular complexity index is 701. The number of hydrogen-bond donors (Lipinski definition) is 0. The molecule has 1 unspecified atom stereocenters. The van der Waals surface area contributed by atoms with Gasteiger partial charge in [0.25, 0.3) is 0 Å². The van der Waals surface area contributed by atoms with E-state index in [1.54, 1.807) is 17.5 Å². The number of halogens is 4. The van der Waals surface area contributed by atoms with Gasteiger partial charge in [-0.25, -0.2) is 4.39 Å². The lowest BCUT2D eigenvalue weighted by atomic mass is 9.95. The number of Topliss-reactive ketones (excluding diaryl/α,β-unsaturated/α-hetero) is 1. The Morgan fingerprint density at radius 2 is 2.00 bits per heavy atom. The Kier molecular flexibility index (Phi) is 4.09. The summed E-state index contributed by atoms with van der Waals surface area (Å²) in [7, 11) is 0. The van der Waals surface area contributed by atoms with Gasteiger partial charge in [-0.2, -0.15) is 18.4 Å². The van der Waals surface area contributed by atoms with Crippen LogP contribution in [0.5, 0.6) is 0 Å². The fourth-order valence-electron chi connectivity index (χ4n) is 1.75. The van der Waals surface area contributed by atoms with E-state index in [-0.39, 0.29) is 0 Å². The van der Waals surface area contributed by atoms with Gasteiger partial charge >= 0.3 is 6.18 Å². The molecule has 2 rings (SSSR count). The van der Waals surface area contributed by atoms with E-state index in [4.69, 9.17) is 5.26 Å². The van der Waals surface area contributed by atoms with Crippen molar-refractivity contribution in [2.75, 3.05) is 0 Å². The fraction of sp³-hybridized carbons (Fsp3) is 0.143. The van der Waals surface area contributed by atoms with E-state index in [2.05, 4.69) is 0 Å². The number of ketones is 1. The van der Waals surface area contributed by atoms with Gasteiger partial charge < -0.3 is 0 Å². The van der Waals surface area contributed by atoms with Crippen molar-refractivity contribution < 1.29 is 22.4 Å². The van der Waals surface area contributed by atoms with Crippen molar-refractivity contribution in [2.45, 2.75) is 12.1 Å². The second-order valence-electron chi connectivity index (χ2n) is 4.13. The maximum absolute atomic E-state index is 13.7. The van der Waals surface area contributed by atoms with E-state index in [0.29, 0.717) is 23.1 Å². The van der Waals surface area contributed by atoms with Crippen molar-refractivity contribution in [2.24, 2.45) is 0 Å². The molecule has 2 aromatic rings. The van der Waals surface area contributed by atoms with Gasteiger partial charge in [0.2, 0.25) is 0 Å². The number of nitrogens with zero attached hydrogens (tertiary/aromatic N) is 1. The highest BCUT2D eigenvalue weighted by Crippen LogP contribution is 2.32. The summed E-state index contributed by atoms with van der Waals surface area (Å²) in [5.74, 6) is -3.38. The van der Waals surface area contributed by atoms with Crippen LogP contribution in [-0.2, 0) is 6.18 Å². The lowest BCUT2D eigenvalue weighted by molar-refractivity contribution is -0.137. The summed E-state index contributed by atoms with van der Waals surface area (Å²) >= 11 is 1.11. The number of carbonyl (C=O) groups is 1. The Labute approximate surface area is 121 Å². The van der Waals surface area contributed by atoms with Gasteiger partial charge in [0.15, 0.2) is 5.78 Å². The molecule has 0 saturated heterocycles. The van der Waals surface area contributed by atoms with E-state index in [0.717, 1.165) is 11.3 Å². The predicted octanol–water partition coefficient (Wildman–Crippen LogP) is 4.40. The van der Waals surface area contributed by atoms with Crippen LogP contribution in [0.3, 0.4) is 0 Å². The fourth-order valence-corrected chi connectivity index (χ4v) is 2.52. The number of rotatable bonds is 3. The number of thiophene rings is 1. The van der Waals surface area contributed by atoms with Crippen molar-refractivity contribution in [3.8, 4) is 6.07 Å². The zero-order valence-electron chi connectivity index (χ0n) is 10.3. The molecule has 0 radical (unpaired) electrons. The molecule has 0 saturated carbocycles. The Hall–Kier alpha value is -2.20. The summed E-state index contributed by atoms with van der Waals surface area (Å²) in [6.45, 7) is 0.